The summed E-state index contributed by atoms with van der Waals surface area (Å²) >= 11 is 0. The fraction of sp³-hybridized carbons (Fsp3) is 0.176. The predicted molar refractivity (Wildman–Crippen MR) is 168 cm³/mol. The lowest BCUT2D eigenvalue weighted by Crippen LogP contribution is -2.42. The maximum absolute atomic E-state index is 14.7. The molecule has 2 unspecified atom stereocenters. The maximum Gasteiger partial charge on any atom is 0.179 e. The van der Waals surface area contributed by atoms with Crippen LogP contribution in [0.4, 0.5) is 4.39 Å². The molecule has 0 spiro atoms. The number of imidazole rings is 1. The molecule has 0 aromatic carbocycles. The molecule has 0 radical (unpaired) electrons. The SMILES string of the molecule is Cn1ccc(C23C=C4C=CC(=N4)C=c4ccc([nH]4)=CC4=NC(c5cn(-c6ccncc6F)cn5)(C=C4)C=C(N2)C(C)(C)C3=O)n1. The molecule has 1 fully saturated rings. The third-order valence-electron chi connectivity index (χ3n) is 8.64. The second-order valence-corrected chi connectivity index (χ2v) is 12.1. The number of carbonyl (C=O) groups excluding carboxylic acids is 1. The van der Waals surface area contributed by atoms with Crippen LogP contribution in [0.25, 0.3) is 17.8 Å². The van der Waals surface area contributed by atoms with E-state index in [9.17, 15) is 9.18 Å². The minimum atomic E-state index is -1.30. The van der Waals surface area contributed by atoms with Crippen molar-refractivity contribution in [2.75, 3.05) is 0 Å². The minimum Gasteiger partial charge on any atom is -0.367 e. The normalized spacial score (nSPS) is 24.4. The zero-order valence-corrected chi connectivity index (χ0v) is 24.7. The van der Waals surface area contributed by atoms with Crippen molar-refractivity contribution in [2.45, 2.75) is 24.9 Å². The van der Waals surface area contributed by atoms with Gasteiger partial charge in [0.25, 0.3) is 0 Å². The summed E-state index contributed by atoms with van der Waals surface area (Å²) in [5.41, 5.74) is 0.810. The predicted octanol–water partition coefficient (Wildman–Crippen LogP) is 2.82. The molecule has 2 N–H and O–H groups in total. The fourth-order valence-electron chi connectivity index (χ4n) is 6.27. The summed E-state index contributed by atoms with van der Waals surface area (Å²) < 4.78 is 18.0. The summed E-state index contributed by atoms with van der Waals surface area (Å²) in [6.45, 7) is 3.79. The van der Waals surface area contributed by atoms with Crippen LogP contribution in [0, 0.1) is 11.2 Å². The van der Waals surface area contributed by atoms with E-state index in [1.807, 2.05) is 93.9 Å². The van der Waals surface area contributed by atoms with Gasteiger partial charge < -0.3 is 14.9 Å². The Balaban J connectivity index is 1.38. The van der Waals surface area contributed by atoms with Gasteiger partial charge in [0.1, 0.15) is 5.54 Å². The van der Waals surface area contributed by atoms with Crippen molar-refractivity contribution in [3.8, 4) is 5.69 Å². The first-order chi connectivity index (χ1) is 21.6. The van der Waals surface area contributed by atoms with Gasteiger partial charge >= 0.3 is 0 Å². The highest BCUT2D eigenvalue weighted by Crippen LogP contribution is 2.47. The first kappa shape index (κ1) is 26.9. The number of aromatic amines is 1. The molecule has 8 heterocycles. The monoisotopic (exact) mass is 597 g/mol. The second-order valence-electron chi connectivity index (χ2n) is 12.1. The summed E-state index contributed by atoms with van der Waals surface area (Å²) in [7, 11) is 1.82. The molecule has 0 saturated carbocycles. The van der Waals surface area contributed by atoms with Crippen LogP contribution in [0.2, 0.25) is 0 Å². The van der Waals surface area contributed by atoms with Gasteiger partial charge in [-0.15, -0.1) is 0 Å². The van der Waals surface area contributed by atoms with E-state index >= 15 is 0 Å². The van der Waals surface area contributed by atoms with E-state index in [4.69, 9.17) is 15.0 Å². The van der Waals surface area contributed by atoms with Crippen LogP contribution in [0.1, 0.15) is 25.2 Å². The summed E-state index contributed by atoms with van der Waals surface area (Å²) in [6.07, 6.45) is 23.2. The van der Waals surface area contributed by atoms with Crippen molar-refractivity contribution in [3.05, 3.63) is 131 Å². The number of pyridine rings is 1. The number of nitrogens with zero attached hydrogens (tertiary/aromatic N) is 7. The number of aliphatic imine (C=N–C) groups is 2. The number of aryl methyl sites for hydroxylation is 1. The van der Waals surface area contributed by atoms with E-state index in [1.54, 1.807) is 27.8 Å². The van der Waals surface area contributed by atoms with Crippen LogP contribution in [-0.2, 0) is 22.9 Å². The van der Waals surface area contributed by atoms with Gasteiger partial charge in [0, 0.05) is 42.0 Å². The number of ketones is 1. The number of carbonyl (C=O) groups is 1. The molecule has 0 amide bonds. The van der Waals surface area contributed by atoms with Crippen molar-refractivity contribution in [1.82, 2.24) is 34.6 Å². The van der Waals surface area contributed by atoms with Crippen molar-refractivity contribution in [3.63, 3.8) is 0 Å². The lowest BCUT2D eigenvalue weighted by Gasteiger charge is -2.24. The number of rotatable bonds is 3. The quantitative estimate of drug-likeness (QED) is 0.377. The lowest BCUT2D eigenvalue weighted by atomic mass is 9.77. The zero-order chi connectivity index (χ0) is 31.0. The van der Waals surface area contributed by atoms with E-state index < -0.39 is 22.3 Å². The fourth-order valence-corrected chi connectivity index (χ4v) is 6.27. The molecule has 8 bridgehead atoms. The molecule has 11 heteroatoms. The van der Waals surface area contributed by atoms with Gasteiger partial charge in [0.15, 0.2) is 17.1 Å². The van der Waals surface area contributed by atoms with E-state index in [-0.39, 0.29) is 5.78 Å². The van der Waals surface area contributed by atoms with Crippen LogP contribution in [-0.4, -0.2) is 46.5 Å². The largest absolute Gasteiger partial charge is 0.367 e. The number of hydrogen-bond acceptors (Lipinski definition) is 7. The minimum absolute atomic E-state index is 0.0799. The van der Waals surface area contributed by atoms with Crippen LogP contribution in [0.5, 0.6) is 0 Å². The van der Waals surface area contributed by atoms with Gasteiger partial charge in [-0.2, -0.15) is 5.10 Å². The molecule has 45 heavy (non-hydrogen) atoms. The number of aromatic nitrogens is 6. The molecule has 1 saturated heterocycles. The van der Waals surface area contributed by atoms with E-state index in [0.717, 1.165) is 16.4 Å². The number of fused-ring (bicyclic) bond motifs is 6. The zero-order valence-electron chi connectivity index (χ0n) is 24.7. The Morgan fingerprint density at radius 2 is 1.78 bits per heavy atom. The molecule has 4 aliphatic heterocycles. The van der Waals surface area contributed by atoms with Gasteiger partial charge in [0.2, 0.25) is 0 Å². The number of Topliss-reactive ketones (excluding diaryl/α,β-unsaturated/α-hetero) is 1. The van der Waals surface area contributed by atoms with Gasteiger partial charge in [0.05, 0.1) is 52.1 Å². The van der Waals surface area contributed by atoms with Gasteiger partial charge in [-0.3, -0.25) is 19.5 Å². The Kier molecular flexibility index (Phi) is 5.61. The van der Waals surface area contributed by atoms with Crippen molar-refractivity contribution < 1.29 is 9.18 Å². The highest BCUT2D eigenvalue weighted by atomic mass is 19.1. The Morgan fingerprint density at radius 3 is 2.56 bits per heavy atom. The van der Waals surface area contributed by atoms with E-state index in [1.165, 1.54) is 12.4 Å². The molecule has 10 nitrogen and oxygen atoms in total. The van der Waals surface area contributed by atoms with E-state index in [0.29, 0.717) is 34.2 Å². The molecule has 222 valence electrons. The van der Waals surface area contributed by atoms with Gasteiger partial charge in [-0.1, -0.05) is 0 Å². The summed E-state index contributed by atoms with van der Waals surface area (Å²) in [4.78, 5) is 36.6. The Hall–Kier alpha value is -5.71. The number of halogens is 1. The smallest absolute Gasteiger partial charge is 0.179 e. The Bertz CT molecular complexity index is 2240. The number of nitrogens with one attached hydrogen (secondary N) is 2. The molecule has 0 aliphatic carbocycles. The molecule has 4 aromatic rings. The molecule has 8 rings (SSSR count). The summed E-state index contributed by atoms with van der Waals surface area (Å²) in [5.74, 6) is -0.554. The standard InChI is InChI=1S/C34H28FN9O/c1-32(2)29-17-33(30-19-44(20-37-30)27-9-12-36-18-26(27)35)11-8-24(40-33)15-23-5-4-21(38-23)14-22-6-7-25(39-22)16-34(41-29,31(32)45)28-10-13-43(3)42-28/h4-20,38,41H,1-3H3. The molecule has 4 aromatic heterocycles. The summed E-state index contributed by atoms with van der Waals surface area (Å²) in [6, 6.07) is 7.39. The molecule has 2 atom stereocenters. The third-order valence-corrected chi connectivity index (χ3v) is 8.64. The Labute approximate surface area is 257 Å². The summed E-state index contributed by atoms with van der Waals surface area (Å²) in [5, 5.41) is 10.0. The third kappa shape index (κ3) is 4.22. The van der Waals surface area contributed by atoms with Crippen molar-refractivity contribution in [1.29, 1.82) is 0 Å². The average molecular weight is 598 g/mol. The number of allylic oxidation sites excluding steroid dienone is 4. The first-order valence-electron chi connectivity index (χ1n) is 14.5. The van der Waals surface area contributed by atoms with Crippen LogP contribution in [0.15, 0.2) is 113 Å². The number of H-pyrrole nitrogens is 1. The van der Waals surface area contributed by atoms with Gasteiger partial charge in [-0.05, 0) is 86.7 Å². The highest BCUT2D eigenvalue weighted by molar-refractivity contribution is 6.20. The maximum atomic E-state index is 14.7. The number of hydrogen-bond donors (Lipinski definition) is 2. The molecule has 4 aliphatic rings. The van der Waals surface area contributed by atoms with Crippen molar-refractivity contribution >= 4 is 29.4 Å². The molecular weight excluding hydrogens is 569 g/mol. The topological polar surface area (TPSA) is 118 Å². The van der Waals surface area contributed by atoms with Crippen LogP contribution in [0.3, 0.4) is 0 Å². The Morgan fingerprint density at radius 1 is 0.956 bits per heavy atom. The average Bonchev–Trinajstić information content (AvgIpc) is 3.85. The van der Waals surface area contributed by atoms with Crippen LogP contribution < -0.4 is 16.0 Å². The highest BCUT2D eigenvalue weighted by Gasteiger charge is 2.57. The van der Waals surface area contributed by atoms with Crippen molar-refractivity contribution in [2.24, 2.45) is 22.4 Å². The molecular formula is C34H28FN9O. The lowest BCUT2D eigenvalue weighted by molar-refractivity contribution is -0.127. The first-order valence-corrected chi connectivity index (χ1v) is 14.5. The van der Waals surface area contributed by atoms with E-state index in [2.05, 4.69) is 20.4 Å². The van der Waals surface area contributed by atoms with Crippen LogP contribution >= 0.6 is 0 Å². The second kappa shape index (κ2) is 9.39. The van der Waals surface area contributed by atoms with Gasteiger partial charge in [-0.25, -0.2) is 14.4 Å².